The molecular weight excluding hydrogens is 396 g/mol. The summed E-state index contributed by atoms with van der Waals surface area (Å²) < 4.78 is 12.4. The lowest BCUT2D eigenvalue weighted by molar-refractivity contribution is 0.102. The molecule has 0 fully saturated rings. The van der Waals surface area contributed by atoms with Crippen LogP contribution in [0.3, 0.4) is 0 Å². The number of nitrogens with zero attached hydrogens (tertiary/aromatic N) is 3. The summed E-state index contributed by atoms with van der Waals surface area (Å²) >= 11 is 3.12. The van der Waals surface area contributed by atoms with Crippen LogP contribution in [0, 0.1) is 6.92 Å². The number of hydrogen-bond acceptors (Lipinski definition) is 7. The Hall–Kier alpha value is -2.78. The van der Waals surface area contributed by atoms with E-state index < -0.39 is 0 Å². The number of thioether (sulfide) groups is 1. The van der Waals surface area contributed by atoms with Gasteiger partial charge in [0.05, 0.1) is 24.1 Å². The van der Waals surface area contributed by atoms with Gasteiger partial charge < -0.3 is 9.26 Å². The lowest BCUT2D eigenvalue weighted by atomic mass is 10.2. The number of nitrogens with one attached hydrogen (secondary N) is 1. The summed E-state index contributed by atoms with van der Waals surface area (Å²) in [6.07, 6.45) is 1.95. The molecular formula is C19H16N4O3S2. The fourth-order valence-electron chi connectivity index (χ4n) is 3.17. The van der Waals surface area contributed by atoms with Gasteiger partial charge in [0.2, 0.25) is 5.88 Å². The Bertz CT molecular complexity index is 1190. The molecule has 28 heavy (non-hydrogen) atoms. The van der Waals surface area contributed by atoms with Crippen LogP contribution in [0.4, 0.5) is 5.88 Å². The summed E-state index contributed by atoms with van der Waals surface area (Å²) in [5.41, 5.74) is 4.60. The number of methoxy groups -OCH3 is 1. The molecule has 0 aliphatic carbocycles. The van der Waals surface area contributed by atoms with E-state index in [0.29, 0.717) is 10.8 Å². The van der Waals surface area contributed by atoms with Crippen molar-refractivity contribution in [2.45, 2.75) is 18.4 Å². The molecule has 0 radical (unpaired) electrons. The molecule has 1 N–H and O–H groups in total. The number of benzene rings is 1. The average Bonchev–Trinajstić information content (AvgIpc) is 3.46. The number of carbonyl (C=O) groups excluding carboxylic acids is 1. The summed E-state index contributed by atoms with van der Waals surface area (Å²) in [6.45, 7) is 1.92. The quantitative estimate of drug-likeness (QED) is 0.536. The van der Waals surface area contributed by atoms with E-state index in [0.717, 1.165) is 50.4 Å². The third-order valence-electron chi connectivity index (χ3n) is 4.73. The van der Waals surface area contributed by atoms with Gasteiger partial charge in [0, 0.05) is 29.0 Å². The lowest BCUT2D eigenvalue weighted by Crippen LogP contribution is -2.12. The number of rotatable bonds is 4. The van der Waals surface area contributed by atoms with Gasteiger partial charge in [0.1, 0.15) is 10.6 Å². The van der Waals surface area contributed by atoms with Crippen LogP contribution in [-0.4, -0.2) is 27.6 Å². The second kappa shape index (κ2) is 6.68. The second-order valence-electron chi connectivity index (χ2n) is 6.41. The van der Waals surface area contributed by atoms with Gasteiger partial charge in [-0.15, -0.1) is 0 Å². The maximum atomic E-state index is 12.8. The van der Waals surface area contributed by atoms with Crippen LogP contribution in [0.25, 0.3) is 16.2 Å². The summed E-state index contributed by atoms with van der Waals surface area (Å²) in [7, 11) is 1.64. The zero-order valence-corrected chi connectivity index (χ0v) is 16.8. The number of hydrogen-bond donors (Lipinski definition) is 1. The van der Waals surface area contributed by atoms with Gasteiger partial charge in [0.15, 0.2) is 4.96 Å². The third kappa shape index (κ3) is 2.78. The first-order valence-electron chi connectivity index (χ1n) is 8.63. The van der Waals surface area contributed by atoms with E-state index in [1.54, 1.807) is 18.9 Å². The Balaban J connectivity index is 1.43. The SMILES string of the molecule is COc1ccc(-c2cn3c(C)c(C(=O)Nc4onc5c4CSC5)sc3n2)cc1. The fourth-order valence-corrected chi connectivity index (χ4v) is 5.20. The van der Waals surface area contributed by atoms with Crippen LogP contribution >= 0.6 is 23.1 Å². The first kappa shape index (κ1) is 17.3. The number of ether oxygens (including phenoxy) is 1. The van der Waals surface area contributed by atoms with Crippen LogP contribution < -0.4 is 10.1 Å². The molecule has 4 aromatic rings. The molecule has 3 aromatic heterocycles. The maximum absolute atomic E-state index is 12.8. The van der Waals surface area contributed by atoms with E-state index >= 15 is 0 Å². The molecule has 5 rings (SSSR count). The van der Waals surface area contributed by atoms with Gasteiger partial charge in [-0.05, 0) is 31.2 Å². The van der Waals surface area contributed by atoms with E-state index in [9.17, 15) is 4.79 Å². The highest BCUT2D eigenvalue weighted by Crippen LogP contribution is 2.35. The average molecular weight is 412 g/mol. The predicted molar refractivity (Wildman–Crippen MR) is 109 cm³/mol. The molecule has 0 saturated heterocycles. The van der Waals surface area contributed by atoms with E-state index in [-0.39, 0.29) is 5.91 Å². The standard InChI is InChI=1S/C19H16N4O3S2/c1-10-16(17(24)21-18-13-8-27-9-15(13)22-26-18)28-19-20-14(7-23(10)19)11-3-5-12(25-2)6-4-11/h3-7H,8-9H2,1-2H3,(H,21,24). The number of thiazole rings is 1. The minimum atomic E-state index is -0.199. The van der Waals surface area contributed by atoms with Crippen molar-refractivity contribution in [2.75, 3.05) is 12.4 Å². The topological polar surface area (TPSA) is 81.7 Å². The van der Waals surface area contributed by atoms with Crippen LogP contribution in [0.5, 0.6) is 5.75 Å². The summed E-state index contributed by atoms with van der Waals surface area (Å²) in [5, 5.41) is 6.89. The van der Waals surface area contributed by atoms with Crippen molar-refractivity contribution >= 4 is 39.9 Å². The second-order valence-corrected chi connectivity index (χ2v) is 8.37. The van der Waals surface area contributed by atoms with Gasteiger partial charge in [-0.2, -0.15) is 11.8 Å². The Morgan fingerprint density at radius 3 is 2.86 bits per heavy atom. The Morgan fingerprint density at radius 2 is 2.11 bits per heavy atom. The van der Waals surface area contributed by atoms with Crippen molar-refractivity contribution < 1.29 is 14.1 Å². The number of carbonyl (C=O) groups is 1. The van der Waals surface area contributed by atoms with Crippen LogP contribution in [0.2, 0.25) is 0 Å². The molecule has 0 bridgehead atoms. The van der Waals surface area contributed by atoms with Gasteiger partial charge in [-0.1, -0.05) is 16.5 Å². The zero-order chi connectivity index (χ0) is 19.3. The van der Waals surface area contributed by atoms with E-state index in [4.69, 9.17) is 9.26 Å². The zero-order valence-electron chi connectivity index (χ0n) is 15.2. The van der Waals surface area contributed by atoms with Crippen LogP contribution in [-0.2, 0) is 11.5 Å². The van der Waals surface area contributed by atoms with Crippen molar-refractivity contribution in [3.63, 3.8) is 0 Å². The van der Waals surface area contributed by atoms with E-state index in [1.165, 1.54) is 11.3 Å². The molecule has 142 valence electrons. The Morgan fingerprint density at radius 1 is 1.29 bits per heavy atom. The van der Waals surface area contributed by atoms with E-state index in [1.807, 2.05) is 41.8 Å². The number of fused-ring (bicyclic) bond motifs is 2. The molecule has 4 heterocycles. The highest BCUT2D eigenvalue weighted by molar-refractivity contribution is 7.98. The molecule has 1 aromatic carbocycles. The van der Waals surface area contributed by atoms with E-state index in [2.05, 4.69) is 15.5 Å². The smallest absolute Gasteiger partial charge is 0.270 e. The molecule has 1 aliphatic heterocycles. The molecule has 1 amide bonds. The summed E-state index contributed by atoms with van der Waals surface area (Å²) in [6, 6.07) is 7.75. The molecule has 0 atom stereocenters. The van der Waals surface area contributed by atoms with Crippen molar-refractivity contribution in [3.8, 4) is 17.0 Å². The van der Waals surface area contributed by atoms with Crippen LogP contribution in [0.15, 0.2) is 35.0 Å². The first-order chi connectivity index (χ1) is 13.6. The third-order valence-corrected chi connectivity index (χ3v) is 6.86. The molecule has 7 nitrogen and oxygen atoms in total. The molecule has 9 heteroatoms. The van der Waals surface area contributed by atoms with Crippen molar-refractivity contribution in [1.29, 1.82) is 0 Å². The first-order valence-corrected chi connectivity index (χ1v) is 10.6. The number of aryl methyl sites for hydroxylation is 1. The number of amides is 1. The minimum absolute atomic E-state index is 0.199. The summed E-state index contributed by atoms with van der Waals surface area (Å²) in [4.78, 5) is 18.8. The van der Waals surface area contributed by atoms with Crippen LogP contribution in [0.1, 0.15) is 26.6 Å². The maximum Gasteiger partial charge on any atom is 0.270 e. The predicted octanol–water partition coefficient (Wildman–Crippen LogP) is 4.37. The Labute approximate surface area is 168 Å². The monoisotopic (exact) mass is 412 g/mol. The summed E-state index contributed by atoms with van der Waals surface area (Å²) in [5.74, 6) is 2.70. The van der Waals surface area contributed by atoms with Crippen molar-refractivity contribution in [1.82, 2.24) is 14.5 Å². The molecule has 0 saturated carbocycles. The molecule has 0 spiro atoms. The van der Waals surface area contributed by atoms with Gasteiger partial charge >= 0.3 is 0 Å². The normalized spacial score (nSPS) is 13.1. The highest BCUT2D eigenvalue weighted by Gasteiger charge is 2.25. The van der Waals surface area contributed by atoms with Crippen molar-refractivity contribution in [2.24, 2.45) is 0 Å². The molecule has 1 aliphatic rings. The largest absolute Gasteiger partial charge is 0.497 e. The number of imidazole rings is 1. The van der Waals surface area contributed by atoms with Gasteiger partial charge in [0.25, 0.3) is 5.91 Å². The van der Waals surface area contributed by atoms with Crippen molar-refractivity contribution in [3.05, 3.63) is 52.3 Å². The van der Waals surface area contributed by atoms with Gasteiger partial charge in [-0.25, -0.2) is 4.98 Å². The lowest BCUT2D eigenvalue weighted by Gasteiger charge is -2.02. The number of aromatic nitrogens is 3. The molecule has 0 unspecified atom stereocenters. The highest BCUT2D eigenvalue weighted by atomic mass is 32.2. The minimum Gasteiger partial charge on any atom is -0.497 e. The Kier molecular flexibility index (Phi) is 4.13. The number of anilines is 1. The fraction of sp³-hybridized carbons (Fsp3) is 0.211. The van der Waals surface area contributed by atoms with Gasteiger partial charge in [-0.3, -0.25) is 14.5 Å².